The van der Waals surface area contributed by atoms with Crippen LogP contribution in [0.1, 0.15) is 46.5 Å². The number of benzene rings is 2. The van der Waals surface area contributed by atoms with E-state index in [4.69, 9.17) is 9.05 Å². The highest BCUT2D eigenvalue weighted by atomic mass is 79.9. The van der Waals surface area contributed by atoms with Crippen LogP contribution in [0.2, 0.25) is 0 Å². The molecule has 0 radical (unpaired) electrons. The fourth-order valence-electron chi connectivity index (χ4n) is 3.77. The predicted octanol–water partition coefficient (Wildman–Crippen LogP) is 3.75. The molecule has 12 heteroatoms. The molecule has 33 heavy (non-hydrogen) atoms. The number of hydrogen-bond donors (Lipinski definition) is 1. The van der Waals surface area contributed by atoms with Crippen LogP contribution in [0, 0.1) is 0 Å². The summed E-state index contributed by atoms with van der Waals surface area (Å²) in [5.74, 6) is -0.882. The Balaban J connectivity index is 1.56. The van der Waals surface area contributed by atoms with Gasteiger partial charge in [-0.15, -0.1) is 5.10 Å². The van der Waals surface area contributed by atoms with Gasteiger partial charge in [-0.25, -0.2) is 4.68 Å². The van der Waals surface area contributed by atoms with E-state index in [-0.39, 0.29) is 31.6 Å². The first-order valence-corrected chi connectivity index (χ1v) is 12.8. The molecule has 2 amide bonds. The van der Waals surface area contributed by atoms with E-state index < -0.39 is 25.6 Å². The lowest BCUT2D eigenvalue weighted by Crippen LogP contribution is -2.39. The van der Waals surface area contributed by atoms with E-state index in [0.29, 0.717) is 16.5 Å². The van der Waals surface area contributed by atoms with Crippen LogP contribution in [-0.4, -0.2) is 56.2 Å². The molecule has 2 heterocycles. The third-order valence-electron chi connectivity index (χ3n) is 5.16. The maximum absolute atomic E-state index is 13.1. The monoisotopic (exact) mass is 536 g/mol. The largest absolute Gasteiger partial charge is 0.371 e. The van der Waals surface area contributed by atoms with Crippen LogP contribution in [0.4, 0.5) is 0 Å². The first kappa shape index (κ1) is 23.7. The van der Waals surface area contributed by atoms with Gasteiger partial charge < -0.3 is 14.2 Å². The Morgan fingerprint density at radius 3 is 2.42 bits per heavy atom. The number of amides is 2. The van der Waals surface area contributed by atoms with Crippen molar-refractivity contribution in [2.75, 3.05) is 19.4 Å². The van der Waals surface area contributed by atoms with Crippen molar-refractivity contribution in [3.05, 3.63) is 57.8 Å². The zero-order chi connectivity index (χ0) is 23.8. The van der Waals surface area contributed by atoms with Gasteiger partial charge in [0, 0.05) is 21.0 Å². The average Bonchev–Trinajstić information content (AvgIpc) is 3.25. The summed E-state index contributed by atoms with van der Waals surface area (Å²) < 4.78 is 25.0. The number of rotatable bonds is 9. The molecule has 0 bridgehead atoms. The Bertz CT molecular complexity index is 1250. The smallest absolute Gasteiger partial charge is 0.335 e. The Morgan fingerprint density at radius 1 is 1.09 bits per heavy atom. The summed E-state index contributed by atoms with van der Waals surface area (Å²) in [5.41, 5.74) is 1.13. The van der Waals surface area contributed by atoms with Gasteiger partial charge in [0.15, 0.2) is 6.23 Å². The number of aliphatic hydroxyl groups is 1. The van der Waals surface area contributed by atoms with Crippen molar-refractivity contribution in [1.29, 1.82) is 0 Å². The molecule has 0 spiro atoms. The zero-order valence-electron chi connectivity index (χ0n) is 18.0. The average molecular weight is 537 g/mol. The zero-order valence-corrected chi connectivity index (χ0v) is 20.5. The second-order valence-corrected chi connectivity index (χ2v) is 10.3. The van der Waals surface area contributed by atoms with Crippen molar-refractivity contribution < 1.29 is 28.3 Å². The maximum Gasteiger partial charge on any atom is 0.335 e. The molecule has 174 valence electrons. The van der Waals surface area contributed by atoms with E-state index in [1.165, 1.54) is 6.20 Å². The molecule has 1 N–H and O–H groups in total. The predicted molar refractivity (Wildman–Crippen MR) is 123 cm³/mol. The van der Waals surface area contributed by atoms with E-state index in [9.17, 15) is 19.3 Å². The molecule has 1 atom stereocenters. The number of imide groups is 1. The van der Waals surface area contributed by atoms with E-state index in [1.807, 2.05) is 6.07 Å². The van der Waals surface area contributed by atoms with Gasteiger partial charge in [-0.2, -0.15) is 0 Å². The van der Waals surface area contributed by atoms with Crippen molar-refractivity contribution in [1.82, 2.24) is 19.9 Å². The number of aromatic nitrogens is 3. The first-order chi connectivity index (χ1) is 15.8. The van der Waals surface area contributed by atoms with Crippen LogP contribution in [0.5, 0.6) is 0 Å². The SMILES string of the molecule is CCOP(=O)(CC(O)n1cc(CN2C(=O)c3cccc4c(Br)ccc(c34)C2=O)nn1)OCC. The van der Waals surface area contributed by atoms with E-state index in [1.54, 1.807) is 38.1 Å². The van der Waals surface area contributed by atoms with E-state index >= 15 is 0 Å². The molecule has 0 aliphatic carbocycles. The minimum atomic E-state index is -3.51. The van der Waals surface area contributed by atoms with Crippen molar-refractivity contribution in [3.63, 3.8) is 0 Å². The number of halogens is 1. The van der Waals surface area contributed by atoms with Crippen molar-refractivity contribution >= 4 is 46.1 Å². The second kappa shape index (κ2) is 9.44. The Hall–Kier alpha value is -2.43. The number of carbonyl (C=O) groups excluding carboxylic acids is 2. The molecule has 0 saturated carbocycles. The Morgan fingerprint density at radius 2 is 1.76 bits per heavy atom. The molecule has 1 aromatic heterocycles. The van der Waals surface area contributed by atoms with Gasteiger partial charge in [-0.3, -0.25) is 19.1 Å². The Kier molecular flexibility index (Phi) is 6.78. The van der Waals surface area contributed by atoms with Crippen LogP contribution >= 0.6 is 23.5 Å². The summed E-state index contributed by atoms with van der Waals surface area (Å²) in [5, 5.41) is 19.7. The molecule has 2 aromatic carbocycles. The van der Waals surface area contributed by atoms with Crippen LogP contribution in [0.15, 0.2) is 41.0 Å². The lowest BCUT2D eigenvalue weighted by Gasteiger charge is -2.26. The normalized spacial score (nSPS) is 14.8. The second-order valence-electron chi connectivity index (χ2n) is 7.32. The standard InChI is InChI=1S/C21H22BrN4O6P/c1-3-31-33(30,32-4-2)12-18(27)26-11-13(23-24-26)10-25-20(28)15-7-5-6-14-17(22)9-8-16(19(14)15)21(25)29/h5-9,11,18,27H,3-4,10,12H2,1-2H3. The van der Waals surface area contributed by atoms with Crippen molar-refractivity contribution in [2.24, 2.45) is 0 Å². The third kappa shape index (κ3) is 4.51. The highest BCUT2D eigenvalue weighted by Crippen LogP contribution is 2.49. The van der Waals surface area contributed by atoms with Gasteiger partial charge in [0.2, 0.25) is 0 Å². The fraction of sp³-hybridized carbons (Fsp3) is 0.333. The first-order valence-electron chi connectivity index (χ1n) is 10.3. The molecular weight excluding hydrogens is 515 g/mol. The Labute approximate surface area is 198 Å². The van der Waals surface area contributed by atoms with E-state index in [0.717, 1.165) is 19.4 Å². The summed E-state index contributed by atoms with van der Waals surface area (Å²) in [7, 11) is -3.51. The molecular formula is C21H22BrN4O6P. The fourth-order valence-corrected chi connectivity index (χ4v) is 5.87. The third-order valence-corrected chi connectivity index (χ3v) is 7.93. The summed E-state index contributed by atoms with van der Waals surface area (Å²) in [4.78, 5) is 27.3. The minimum absolute atomic E-state index is 0.134. The topological polar surface area (TPSA) is 124 Å². The molecule has 4 rings (SSSR count). The molecule has 0 fully saturated rings. The molecule has 1 aliphatic rings. The van der Waals surface area contributed by atoms with Crippen molar-refractivity contribution in [2.45, 2.75) is 26.6 Å². The van der Waals surface area contributed by atoms with Crippen LogP contribution in [0.25, 0.3) is 10.8 Å². The number of aliphatic hydroxyl groups excluding tert-OH is 1. The quantitative estimate of drug-likeness (QED) is 0.324. The summed E-state index contributed by atoms with van der Waals surface area (Å²) >= 11 is 3.46. The highest BCUT2D eigenvalue weighted by molar-refractivity contribution is 9.10. The summed E-state index contributed by atoms with van der Waals surface area (Å²) in [6.07, 6.45) is -0.246. The van der Waals surface area contributed by atoms with E-state index in [2.05, 4.69) is 26.2 Å². The minimum Gasteiger partial charge on any atom is -0.371 e. The molecule has 1 unspecified atom stereocenters. The van der Waals surface area contributed by atoms with Gasteiger partial charge in [0.25, 0.3) is 11.8 Å². The number of carbonyl (C=O) groups is 2. The lowest BCUT2D eigenvalue weighted by atomic mass is 9.94. The van der Waals surface area contributed by atoms with Crippen molar-refractivity contribution in [3.8, 4) is 0 Å². The summed E-state index contributed by atoms with van der Waals surface area (Å²) in [6.45, 7) is 3.54. The van der Waals surface area contributed by atoms with Gasteiger partial charge in [0.05, 0.1) is 32.1 Å². The van der Waals surface area contributed by atoms with Crippen LogP contribution < -0.4 is 0 Å². The van der Waals surface area contributed by atoms with Crippen LogP contribution in [0.3, 0.4) is 0 Å². The van der Waals surface area contributed by atoms with Gasteiger partial charge in [0.1, 0.15) is 5.69 Å². The number of nitrogens with zero attached hydrogens (tertiary/aromatic N) is 4. The molecule has 3 aromatic rings. The summed E-state index contributed by atoms with van der Waals surface area (Å²) in [6, 6.07) is 8.74. The lowest BCUT2D eigenvalue weighted by molar-refractivity contribution is 0.0596. The molecule has 10 nitrogen and oxygen atoms in total. The highest BCUT2D eigenvalue weighted by Gasteiger charge is 2.34. The van der Waals surface area contributed by atoms with Crippen LogP contribution in [-0.2, 0) is 20.2 Å². The van der Waals surface area contributed by atoms with Gasteiger partial charge in [-0.05, 0) is 37.4 Å². The maximum atomic E-state index is 13.1. The van der Waals surface area contributed by atoms with Gasteiger partial charge >= 0.3 is 7.60 Å². The molecule has 0 saturated heterocycles. The number of hydrogen-bond acceptors (Lipinski definition) is 8. The van der Waals surface area contributed by atoms with Gasteiger partial charge in [-0.1, -0.05) is 33.3 Å². The molecule has 1 aliphatic heterocycles.